The molecule has 1 saturated heterocycles. The van der Waals surface area contributed by atoms with Gasteiger partial charge in [0.2, 0.25) is 0 Å². The van der Waals surface area contributed by atoms with Gasteiger partial charge in [-0.05, 0) is 14.0 Å². The van der Waals surface area contributed by atoms with Crippen molar-refractivity contribution >= 4 is 40.2 Å². The summed E-state index contributed by atoms with van der Waals surface area (Å²) in [6.45, 7) is 4.67. The number of fused-ring (bicyclic) bond motifs is 2. The van der Waals surface area contributed by atoms with Crippen molar-refractivity contribution in [1.82, 2.24) is 19.4 Å². The minimum absolute atomic E-state index is 0.266. The number of pyridine rings is 1. The Morgan fingerprint density at radius 1 is 1.26 bits per heavy atom. The molecule has 2 aromatic rings. The molecule has 0 bridgehead atoms. The molecule has 4 rings (SSSR count). The topological polar surface area (TPSA) is 54.3 Å². The highest BCUT2D eigenvalue weighted by molar-refractivity contribution is 7.99. The fraction of sp³-hybridized carbons (Fsp3) is 0.533. The molecule has 4 heterocycles. The third kappa shape index (κ3) is 2.25. The van der Waals surface area contributed by atoms with Gasteiger partial charge >= 0.3 is 5.69 Å². The summed E-state index contributed by atoms with van der Waals surface area (Å²) in [7, 11) is 3.85. The number of nitrogens with zero attached hydrogens (tertiary/aromatic N) is 5. The maximum Gasteiger partial charge on any atom is 0.350 e. The molecule has 0 saturated carbocycles. The molecular formula is C15H18ClN5OS. The third-order valence-electron chi connectivity index (χ3n) is 4.65. The highest BCUT2D eigenvalue weighted by atomic mass is 35.5. The van der Waals surface area contributed by atoms with Crippen LogP contribution in [-0.2, 0) is 7.05 Å². The molecular weight excluding hydrogens is 334 g/mol. The SMILES string of the molecule is Cc1nc2c3c(nc(=O)n2C)N2CCN(C)CC2CSc3c1Cl. The van der Waals surface area contributed by atoms with Crippen LogP contribution < -0.4 is 10.6 Å². The lowest BCUT2D eigenvalue weighted by atomic mass is 10.1. The van der Waals surface area contributed by atoms with E-state index in [9.17, 15) is 4.79 Å². The second-order valence-corrected chi connectivity index (χ2v) is 7.64. The lowest BCUT2D eigenvalue weighted by molar-refractivity contribution is 0.277. The normalized spacial score (nSPS) is 21.4. The fourth-order valence-electron chi connectivity index (χ4n) is 3.35. The van der Waals surface area contributed by atoms with Crippen LogP contribution in [0.3, 0.4) is 0 Å². The van der Waals surface area contributed by atoms with E-state index in [1.807, 2.05) is 6.92 Å². The molecule has 2 aliphatic rings. The molecule has 23 heavy (non-hydrogen) atoms. The summed E-state index contributed by atoms with van der Waals surface area (Å²) in [5, 5.41) is 1.59. The van der Waals surface area contributed by atoms with Gasteiger partial charge in [-0.15, -0.1) is 11.8 Å². The smallest absolute Gasteiger partial charge is 0.349 e. The molecule has 0 N–H and O–H groups in total. The highest BCUT2D eigenvalue weighted by Crippen LogP contribution is 2.42. The summed E-state index contributed by atoms with van der Waals surface area (Å²) in [5.74, 6) is 1.67. The van der Waals surface area contributed by atoms with E-state index in [-0.39, 0.29) is 5.69 Å². The first-order valence-electron chi connectivity index (χ1n) is 7.62. The number of anilines is 1. The van der Waals surface area contributed by atoms with Gasteiger partial charge in [-0.25, -0.2) is 9.78 Å². The van der Waals surface area contributed by atoms with Crippen molar-refractivity contribution in [2.24, 2.45) is 7.05 Å². The van der Waals surface area contributed by atoms with Crippen molar-refractivity contribution in [2.45, 2.75) is 17.9 Å². The van der Waals surface area contributed by atoms with E-state index in [1.165, 1.54) is 4.57 Å². The van der Waals surface area contributed by atoms with Crippen molar-refractivity contribution in [3.63, 3.8) is 0 Å². The van der Waals surface area contributed by atoms with Crippen LogP contribution in [0.25, 0.3) is 11.0 Å². The Morgan fingerprint density at radius 2 is 2.04 bits per heavy atom. The second-order valence-electron chi connectivity index (χ2n) is 6.24. The molecule has 0 spiro atoms. The summed E-state index contributed by atoms with van der Waals surface area (Å²) >= 11 is 8.29. The molecule has 1 fully saturated rings. The highest BCUT2D eigenvalue weighted by Gasteiger charge is 2.33. The van der Waals surface area contributed by atoms with Gasteiger partial charge in [-0.1, -0.05) is 11.6 Å². The van der Waals surface area contributed by atoms with Crippen molar-refractivity contribution in [3.8, 4) is 0 Å². The largest absolute Gasteiger partial charge is 0.350 e. The average molecular weight is 352 g/mol. The van der Waals surface area contributed by atoms with Crippen LogP contribution in [0.1, 0.15) is 5.69 Å². The van der Waals surface area contributed by atoms with Crippen molar-refractivity contribution < 1.29 is 0 Å². The predicted octanol–water partition coefficient (Wildman–Crippen LogP) is 1.52. The first-order valence-corrected chi connectivity index (χ1v) is 8.98. The molecule has 2 aliphatic heterocycles. The number of hydrogen-bond acceptors (Lipinski definition) is 6. The van der Waals surface area contributed by atoms with Crippen LogP contribution in [0, 0.1) is 6.92 Å². The van der Waals surface area contributed by atoms with Crippen LogP contribution >= 0.6 is 23.4 Å². The van der Waals surface area contributed by atoms with E-state index in [2.05, 4.69) is 26.8 Å². The van der Waals surface area contributed by atoms with Crippen LogP contribution in [-0.4, -0.2) is 57.9 Å². The lowest BCUT2D eigenvalue weighted by Crippen LogP contribution is -2.53. The monoisotopic (exact) mass is 351 g/mol. The Balaban J connectivity index is 2.06. The van der Waals surface area contributed by atoms with Crippen LogP contribution in [0.5, 0.6) is 0 Å². The zero-order valence-corrected chi connectivity index (χ0v) is 14.9. The molecule has 6 nitrogen and oxygen atoms in total. The molecule has 0 radical (unpaired) electrons. The second kappa shape index (κ2) is 5.36. The summed E-state index contributed by atoms with van der Waals surface area (Å²) in [6.07, 6.45) is 0. The van der Waals surface area contributed by atoms with Gasteiger partial charge in [0.25, 0.3) is 0 Å². The molecule has 122 valence electrons. The number of piperazine rings is 1. The Bertz CT molecular complexity index is 867. The predicted molar refractivity (Wildman–Crippen MR) is 93.9 cm³/mol. The number of thioether (sulfide) groups is 1. The zero-order valence-electron chi connectivity index (χ0n) is 13.3. The first kappa shape index (κ1) is 15.2. The molecule has 2 aromatic heterocycles. The van der Waals surface area contributed by atoms with Crippen molar-refractivity contribution in [1.29, 1.82) is 0 Å². The van der Waals surface area contributed by atoms with Gasteiger partial charge in [0.1, 0.15) is 11.5 Å². The maximum absolute atomic E-state index is 12.3. The van der Waals surface area contributed by atoms with Gasteiger partial charge in [0.15, 0.2) is 0 Å². The van der Waals surface area contributed by atoms with Crippen molar-refractivity contribution in [2.75, 3.05) is 37.3 Å². The van der Waals surface area contributed by atoms with Gasteiger partial charge in [0, 0.05) is 37.3 Å². The Hall–Kier alpha value is -1.31. The van der Waals surface area contributed by atoms with E-state index < -0.39 is 0 Å². The van der Waals surface area contributed by atoms with Gasteiger partial charge in [-0.2, -0.15) is 4.98 Å². The Morgan fingerprint density at radius 3 is 2.83 bits per heavy atom. The number of aromatic nitrogens is 3. The fourth-order valence-corrected chi connectivity index (χ4v) is 4.90. The summed E-state index contributed by atoms with van der Waals surface area (Å²) in [4.78, 5) is 26.9. The van der Waals surface area contributed by atoms with E-state index >= 15 is 0 Å². The third-order valence-corrected chi connectivity index (χ3v) is 6.47. The van der Waals surface area contributed by atoms with E-state index in [0.29, 0.717) is 16.7 Å². The number of rotatable bonds is 0. The van der Waals surface area contributed by atoms with Crippen LogP contribution in [0.4, 0.5) is 5.82 Å². The Labute approximate surface area is 143 Å². The maximum atomic E-state index is 12.3. The summed E-state index contributed by atoms with van der Waals surface area (Å²) in [6, 6.07) is 0.324. The van der Waals surface area contributed by atoms with Gasteiger partial charge < -0.3 is 9.80 Å². The zero-order chi connectivity index (χ0) is 16.3. The molecule has 1 atom stereocenters. The van der Waals surface area contributed by atoms with Gasteiger partial charge in [-0.3, -0.25) is 4.57 Å². The average Bonchev–Trinajstić information content (AvgIpc) is 2.67. The lowest BCUT2D eigenvalue weighted by Gasteiger charge is -2.39. The Kier molecular flexibility index (Phi) is 3.55. The summed E-state index contributed by atoms with van der Waals surface area (Å²) in [5.41, 5.74) is 1.16. The summed E-state index contributed by atoms with van der Waals surface area (Å²) < 4.78 is 1.52. The number of likely N-dealkylation sites (N-methyl/N-ethyl adjacent to an activating group) is 1. The quantitative estimate of drug-likeness (QED) is 0.717. The number of hydrogen-bond donors (Lipinski definition) is 0. The molecule has 8 heteroatoms. The minimum Gasteiger partial charge on any atom is -0.349 e. The number of halogens is 1. The van der Waals surface area contributed by atoms with Crippen molar-refractivity contribution in [3.05, 3.63) is 21.2 Å². The molecule has 0 aromatic carbocycles. The first-order chi connectivity index (χ1) is 11.0. The van der Waals surface area contributed by atoms with E-state index in [4.69, 9.17) is 11.6 Å². The van der Waals surface area contributed by atoms with E-state index in [1.54, 1.807) is 18.8 Å². The van der Waals surface area contributed by atoms with Gasteiger partial charge in [0.05, 0.1) is 22.1 Å². The molecule has 0 aliphatic carbocycles. The molecule has 0 amide bonds. The standard InChI is InChI=1S/C15H18ClN5OS/c1-8-11(16)12-10-13(17-8)20(3)15(22)18-14(10)21-5-4-19(2)6-9(21)7-23-12/h9H,4-7H2,1-3H3. The minimum atomic E-state index is -0.266. The van der Waals surface area contributed by atoms with E-state index in [0.717, 1.165) is 47.2 Å². The van der Waals surface area contributed by atoms with Crippen LogP contribution in [0.2, 0.25) is 5.02 Å². The number of aryl methyl sites for hydroxylation is 2. The van der Waals surface area contributed by atoms with Crippen LogP contribution in [0.15, 0.2) is 9.69 Å². The molecule has 1 unspecified atom stereocenters.